The molecule has 0 aliphatic carbocycles. The molecule has 0 saturated heterocycles. The number of hydrogen-bond acceptors (Lipinski definition) is 3. The summed E-state index contributed by atoms with van der Waals surface area (Å²) in [4.78, 5) is 0. The molecule has 110 valence electrons. The van der Waals surface area contributed by atoms with Crippen LogP contribution in [0.25, 0.3) is 0 Å². The molecule has 2 aromatic carbocycles. The molecular weight excluding hydrogens is 421 g/mol. The molecule has 0 spiro atoms. The summed E-state index contributed by atoms with van der Waals surface area (Å²) in [5, 5.41) is 0.617. The Labute approximate surface area is 144 Å². The van der Waals surface area contributed by atoms with Gasteiger partial charge in [0, 0.05) is 8.95 Å². The van der Waals surface area contributed by atoms with Gasteiger partial charge in [0.15, 0.2) is 11.5 Å². The quantitative estimate of drug-likeness (QED) is 0.748. The number of rotatable bonds is 2. The number of nitrogens with two attached hydrogens (primary N) is 1. The number of halogens is 3. The molecule has 1 atom stereocenters. The summed E-state index contributed by atoms with van der Waals surface area (Å²) in [6, 6.07) is 9.14. The molecule has 1 aliphatic heterocycles. The zero-order chi connectivity index (χ0) is 15.0. The monoisotopic (exact) mass is 431 g/mol. The lowest BCUT2D eigenvalue weighted by molar-refractivity contribution is 0.171. The summed E-state index contributed by atoms with van der Waals surface area (Å²) in [7, 11) is 0. The van der Waals surface area contributed by atoms with Gasteiger partial charge in [-0.15, -0.1) is 0 Å². The predicted octanol–water partition coefficient (Wildman–Crippen LogP) is 4.68. The number of fused-ring (bicyclic) bond motifs is 1. The van der Waals surface area contributed by atoms with E-state index in [0.717, 1.165) is 25.8 Å². The molecule has 0 saturated carbocycles. The van der Waals surface area contributed by atoms with E-state index in [1.165, 1.54) is 0 Å². The van der Waals surface area contributed by atoms with Gasteiger partial charge in [0.1, 0.15) is 13.2 Å². The molecule has 0 aromatic heterocycles. The summed E-state index contributed by atoms with van der Waals surface area (Å²) in [6.45, 7) is 1.10. The second-order valence-corrected chi connectivity index (χ2v) is 6.72. The Morgan fingerprint density at radius 3 is 2.38 bits per heavy atom. The van der Waals surface area contributed by atoms with Gasteiger partial charge in [-0.3, -0.25) is 0 Å². The van der Waals surface area contributed by atoms with Crippen molar-refractivity contribution >= 4 is 43.5 Å². The van der Waals surface area contributed by atoms with Gasteiger partial charge in [0.2, 0.25) is 0 Å². The summed E-state index contributed by atoms with van der Waals surface area (Å²) >= 11 is 13.3. The van der Waals surface area contributed by atoms with Crippen molar-refractivity contribution in [1.82, 2.24) is 0 Å². The molecule has 3 nitrogen and oxygen atoms in total. The van der Waals surface area contributed by atoms with Gasteiger partial charge < -0.3 is 15.2 Å². The molecule has 1 aliphatic rings. The van der Waals surface area contributed by atoms with E-state index in [1.54, 1.807) is 0 Å². The van der Waals surface area contributed by atoms with Crippen LogP contribution in [0.5, 0.6) is 11.5 Å². The lowest BCUT2D eigenvalue weighted by Gasteiger charge is -2.22. The van der Waals surface area contributed by atoms with Crippen LogP contribution in [-0.4, -0.2) is 13.2 Å². The zero-order valence-electron chi connectivity index (χ0n) is 10.9. The van der Waals surface area contributed by atoms with Crippen molar-refractivity contribution in [3.8, 4) is 11.5 Å². The molecule has 0 amide bonds. The van der Waals surface area contributed by atoms with E-state index in [4.69, 9.17) is 26.8 Å². The van der Waals surface area contributed by atoms with Gasteiger partial charge in [-0.2, -0.15) is 0 Å². The van der Waals surface area contributed by atoms with E-state index >= 15 is 0 Å². The SMILES string of the molecule is NC(c1cc2c(cc1Br)OCCO2)c1cccc(Br)c1Cl. The minimum Gasteiger partial charge on any atom is -0.486 e. The Morgan fingerprint density at radius 2 is 1.67 bits per heavy atom. The van der Waals surface area contributed by atoms with E-state index in [0.29, 0.717) is 24.0 Å². The van der Waals surface area contributed by atoms with Gasteiger partial charge in [0.05, 0.1) is 11.1 Å². The first-order chi connectivity index (χ1) is 10.1. The second-order valence-electron chi connectivity index (χ2n) is 4.64. The van der Waals surface area contributed by atoms with Crippen molar-refractivity contribution in [3.63, 3.8) is 0 Å². The summed E-state index contributed by atoms with van der Waals surface area (Å²) in [5.74, 6) is 1.44. The molecule has 3 rings (SSSR count). The van der Waals surface area contributed by atoms with Crippen molar-refractivity contribution in [1.29, 1.82) is 0 Å². The summed E-state index contributed by atoms with van der Waals surface area (Å²) < 4.78 is 12.9. The van der Waals surface area contributed by atoms with Gasteiger partial charge in [-0.1, -0.05) is 39.7 Å². The molecule has 6 heteroatoms. The molecule has 0 bridgehead atoms. The van der Waals surface area contributed by atoms with Gasteiger partial charge in [-0.25, -0.2) is 0 Å². The lowest BCUT2D eigenvalue weighted by Crippen LogP contribution is -2.18. The van der Waals surface area contributed by atoms with Crippen molar-refractivity contribution in [2.24, 2.45) is 5.73 Å². The van der Waals surface area contributed by atoms with Crippen molar-refractivity contribution in [2.75, 3.05) is 13.2 Å². The van der Waals surface area contributed by atoms with E-state index in [1.807, 2.05) is 30.3 Å². The van der Waals surface area contributed by atoms with Crippen LogP contribution in [0.2, 0.25) is 5.02 Å². The Bertz CT molecular complexity index is 694. The van der Waals surface area contributed by atoms with E-state index in [-0.39, 0.29) is 6.04 Å². The largest absolute Gasteiger partial charge is 0.486 e. The maximum atomic E-state index is 6.39. The van der Waals surface area contributed by atoms with Crippen LogP contribution >= 0.6 is 43.5 Å². The first kappa shape index (κ1) is 15.2. The fourth-order valence-corrected chi connectivity index (χ4v) is 3.44. The van der Waals surface area contributed by atoms with E-state index in [9.17, 15) is 0 Å². The minimum atomic E-state index is -0.361. The van der Waals surface area contributed by atoms with Gasteiger partial charge in [0.25, 0.3) is 0 Å². The first-order valence-corrected chi connectivity index (χ1v) is 8.33. The van der Waals surface area contributed by atoms with Gasteiger partial charge >= 0.3 is 0 Å². The molecule has 2 N–H and O–H groups in total. The van der Waals surface area contributed by atoms with Crippen LogP contribution in [0.15, 0.2) is 39.3 Å². The highest BCUT2D eigenvalue weighted by Gasteiger charge is 2.21. The predicted molar refractivity (Wildman–Crippen MR) is 90.3 cm³/mol. The fraction of sp³-hybridized carbons (Fsp3) is 0.200. The highest BCUT2D eigenvalue weighted by atomic mass is 79.9. The second kappa shape index (κ2) is 6.16. The number of hydrogen-bond donors (Lipinski definition) is 1. The Balaban J connectivity index is 2.05. The third kappa shape index (κ3) is 2.93. The normalized spacial score (nSPS) is 14.9. The average molecular weight is 434 g/mol. The summed E-state index contributed by atoms with van der Waals surface area (Å²) in [6.07, 6.45) is 0. The average Bonchev–Trinajstić information content (AvgIpc) is 2.48. The van der Waals surface area contributed by atoms with Crippen LogP contribution in [0.4, 0.5) is 0 Å². The van der Waals surface area contributed by atoms with E-state index in [2.05, 4.69) is 31.9 Å². The highest BCUT2D eigenvalue weighted by Crippen LogP contribution is 2.40. The standard InChI is InChI=1S/C15H12Br2ClNO2/c16-10-3-1-2-8(14(10)18)15(19)9-6-12-13(7-11(9)17)21-5-4-20-12/h1-3,6-7,15H,4-5,19H2. The van der Waals surface area contributed by atoms with Crippen molar-refractivity contribution < 1.29 is 9.47 Å². The van der Waals surface area contributed by atoms with Crippen LogP contribution in [0.1, 0.15) is 17.2 Å². The zero-order valence-corrected chi connectivity index (χ0v) is 14.8. The molecular formula is C15H12Br2ClNO2. The fourth-order valence-electron chi connectivity index (χ4n) is 2.25. The topological polar surface area (TPSA) is 44.5 Å². The molecule has 0 radical (unpaired) electrons. The molecule has 1 heterocycles. The maximum Gasteiger partial charge on any atom is 0.162 e. The Kier molecular flexibility index (Phi) is 4.45. The smallest absolute Gasteiger partial charge is 0.162 e. The Morgan fingerprint density at radius 1 is 1.00 bits per heavy atom. The van der Waals surface area contributed by atoms with E-state index < -0.39 is 0 Å². The van der Waals surface area contributed by atoms with Crippen molar-refractivity contribution in [3.05, 3.63) is 55.4 Å². The first-order valence-electron chi connectivity index (χ1n) is 6.36. The van der Waals surface area contributed by atoms with Crippen LogP contribution in [0.3, 0.4) is 0 Å². The van der Waals surface area contributed by atoms with Gasteiger partial charge in [-0.05, 0) is 45.3 Å². The molecule has 1 unspecified atom stereocenters. The molecule has 2 aromatic rings. The lowest BCUT2D eigenvalue weighted by atomic mass is 9.99. The van der Waals surface area contributed by atoms with Crippen LogP contribution < -0.4 is 15.2 Å². The highest BCUT2D eigenvalue weighted by molar-refractivity contribution is 9.10. The third-order valence-electron chi connectivity index (χ3n) is 3.31. The third-order valence-corrected chi connectivity index (χ3v) is 5.31. The molecule has 21 heavy (non-hydrogen) atoms. The Hall–Kier alpha value is -0.750. The number of benzene rings is 2. The number of ether oxygens (including phenoxy) is 2. The van der Waals surface area contributed by atoms with Crippen molar-refractivity contribution in [2.45, 2.75) is 6.04 Å². The minimum absolute atomic E-state index is 0.361. The molecule has 0 fully saturated rings. The van der Waals surface area contributed by atoms with Crippen LogP contribution in [-0.2, 0) is 0 Å². The maximum absolute atomic E-state index is 6.39. The summed E-state index contributed by atoms with van der Waals surface area (Å²) in [5.41, 5.74) is 8.14. The van der Waals surface area contributed by atoms with Crippen LogP contribution in [0, 0.1) is 0 Å².